The summed E-state index contributed by atoms with van der Waals surface area (Å²) < 4.78 is 35.0. The second kappa shape index (κ2) is 6.67. The number of rotatable bonds is 5. The number of imidazole rings is 1. The monoisotopic (exact) mass is 349 g/mol. The summed E-state index contributed by atoms with van der Waals surface area (Å²) in [7, 11) is 0. The zero-order valence-electron chi connectivity index (χ0n) is 13.2. The Hall–Kier alpha value is -2.68. The van der Waals surface area contributed by atoms with Crippen LogP contribution in [0.4, 0.5) is 14.5 Å². The maximum Gasteiger partial charge on any atom is 0.387 e. The molecule has 0 aliphatic carbocycles. The first-order valence-corrected chi connectivity index (χ1v) is 8.00. The van der Waals surface area contributed by atoms with Crippen molar-refractivity contribution in [3.8, 4) is 5.75 Å². The lowest BCUT2D eigenvalue weighted by atomic mass is 9.98. The van der Waals surface area contributed by atoms with E-state index in [9.17, 15) is 8.78 Å². The average molecular weight is 349 g/mol. The van der Waals surface area contributed by atoms with Crippen LogP contribution in [-0.4, -0.2) is 39.6 Å². The van der Waals surface area contributed by atoms with E-state index in [2.05, 4.69) is 30.2 Å². The number of ether oxygens (including phenoxy) is 2. The first-order chi connectivity index (χ1) is 12.2. The Balaban J connectivity index is 1.59. The molecule has 4 rings (SSSR count). The number of fused-ring (bicyclic) bond motifs is 1. The minimum absolute atomic E-state index is 0.00974. The van der Waals surface area contributed by atoms with Crippen LogP contribution in [0, 0.1) is 0 Å². The third-order valence-electron chi connectivity index (χ3n) is 4.18. The van der Waals surface area contributed by atoms with E-state index in [1.807, 2.05) is 0 Å². The maximum absolute atomic E-state index is 12.4. The molecule has 1 aliphatic heterocycles. The SMILES string of the molecule is FC(F)Oc1ccc2nc(C3CCCOC3Nc3cn[nH]c3)[nH]c2c1. The molecule has 3 heterocycles. The molecular formula is C16H17F2N5O2. The second-order valence-electron chi connectivity index (χ2n) is 5.85. The molecule has 2 unspecified atom stereocenters. The van der Waals surface area contributed by atoms with Crippen molar-refractivity contribution in [2.45, 2.75) is 31.6 Å². The molecule has 7 nitrogen and oxygen atoms in total. The second-order valence-corrected chi connectivity index (χ2v) is 5.85. The van der Waals surface area contributed by atoms with Crippen LogP contribution in [0.2, 0.25) is 0 Å². The molecule has 0 spiro atoms. The topological polar surface area (TPSA) is 87.8 Å². The summed E-state index contributed by atoms with van der Waals surface area (Å²) in [4.78, 5) is 7.80. The molecule has 1 aromatic carbocycles. The van der Waals surface area contributed by atoms with Gasteiger partial charge in [0.15, 0.2) is 0 Å². The number of benzene rings is 1. The van der Waals surface area contributed by atoms with Gasteiger partial charge in [0.1, 0.15) is 17.8 Å². The Kier molecular flexibility index (Phi) is 4.22. The Morgan fingerprint density at radius 3 is 3.08 bits per heavy atom. The van der Waals surface area contributed by atoms with E-state index in [0.29, 0.717) is 17.6 Å². The van der Waals surface area contributed by atoms with Crippen molar-refractivity contribution < 1.29 is 18.3 Å². The summed E-state index contributed by atoms with van der Waals surface area (Å²) >= 11 is 0. The normalized spacial score (nSPS) is 20.9. The van der Waals surface area contributed by atoms with Gasteiger partial charge in [0.2, 0.25) is 0 Å². The van der Waals surface area contributed by atoms with Gasteiger partial charge in [-0.25, -0.2) is 4.98 Å². The summed E-state index contributed by atoms with van der Waals surface area (Å²) in [6.07, 6.45) is 5.01. The molecule has 1 aliphatic rings. The molecule has 9 heteroatoms. The maximum atomic E-state index is 12.4. The lowest BCUT2D eigenvalue weighted by Gasteiger charge is -2.31. The van der Waals surface area contributed by atoms with Crippen LogP contribution in [0.25, 0.3) is 11.0 Å². The van der Waals surface area contributed by atoms with Crippen LogP contribution < -0.4 is 10.1 Å². The molecule has 132 valence electrons. The Labute approximate surface area is 141 Å². The summed E-state index contributed by atoms with van der Waals surface area (Å²) in [5.74, 6) is 0.867. The van der Waals surface area contributed by atoms with Crippen molar-refractivity contribution >= 4 is 16.7 Å². The largest absolute Gasteiger partial charge is 0.435 e. The molecule has 25 heavy (non-hydrogen) atoms. The van der Waals surface area contributed by atoms with E-state index < -0.39 is 6.61 Å². The van der Waals surface area contributed by atoms with Gasteiger partial charge < -0.3 is 19.8 Å². The zero-order chi connectivity index (χ0) is 17.2. The molecule has 0 saturated carbocycles. The number of hydrogen-bond donors (Lipinski definition) is 3. The standard InChI is InChI=1S/C16H17F2N5O2/c17-16(18)25-10-3-4-12-13(6-10)23-14(22-12)11-2-1-5-24-15(11)21-9-7-19-20-8-9/h3-4,6-8,11,15-16,21H,1-2,5H2,(H,19,20)(H,22,23). The van der Waals surface area contributed by atoms with E-state index in [4.69, 9.17) is 4.74 Å². The van der Waals surface area contributed by atoms with Crippen LogP contribution in [-0.2, 0) is 4.74 Å². The lowest BCUT2D eigenvalue weighted by Crippen LogP contribution is -2.35. The van der Waals surface area contributed by atoms with Crippen LogP contribution in [0.1, 0.15) is 24.6 Å². The number of alkyl halides is 2. The third kappa shape index (κ3) is 3.41. The fourth-order valence-electron chi connectivity index (χ4n) is 3.06. The molecule has 2 aromatic heterocycles. The third-order valence-corrected chi connectivity index (χ3v) is 4.18. The summed E-state index contributed by atoms with van der Waals surface area (Å²) in [6.45, 7) is -2.19. The van der Waals surface area contributed by atoms with Crippen LogP contribution in [0.5, 0.6) is 5.75 Å². The number of halogens is 2. The minimum atomic E-state index is -2.85. The highest BCUT2D eigenvalue weighted by Crippen LogP contribution is 2.32. The number of anilines is 1. The van der Waals surface area contributed by atoms with E-state index in [1.165, 1.54) is 12.1 Å². The van der Waals surface area contributed by atoms with Crippen molar-refractivity contribution in [2.24, 2.45) is 0 Å². The van der Waals surface area contributed by atoms with Gasteiger partial charge in [-0.15, -0.1) is 0 Å². The van der Waals surface area contributed by atoms with E-state index >= 15 is 0 Å². The number of H-pyrrole nitrogens is 2. The molecular weight excluding hydrogens is 332 g/mol. The van der Waals surface area contributed by atoms with Gasteiger partial charge in [-0.1, -0.05) is 0 Å². The molecule has 1 saturated heterocycles. The smallest absolute Gasteiger partial charge is 0.387 e. The quantitative estimate of drug-likeness (QED) is 0.658. The first kappa shape index (κ1) is 15.8. The van der Waals surface area contributed by atoms with Gasteiger partial charge in [0.25, 0.3) is 0 Å². The van der Waals surface area contributed by atoms with Gasteiger partial charge in [-0.3, -0.25) is 5.10 Å². The lowest BCUT2D eigenvalue weighted by molar-refractivity contribution is -0.0497. The van der Waals surface area contributed by atoms with Crippen LogP contribution >= 0.6 is 0 Å². The predicted octanol–water partition coefficient (Wildman–Crippen LogP) is 3.22. The van der Waals surface area contributed by atoms with Crippen molar-refractivity contribution in [3.63, 3.8) is 0 Å². The van der Waals surface area contributed by atoms with Gasteiger partial charge in [-0.05, 0) is 25.0 Å². The highest BCUT2D eigenvalue weighted by Gasteiger charge is 2.30. The van der Waals surface area contributed by atoms with E-state index in [0.717, 1.165) is 24.4 Å². The predicted molar refractivity (Wildman–Crippen MR) is 86.7 cm³/mol. The molecule has 3 aromatic rings. The van der Waals surface area contributed by atoms with Crippen LogP contribution in [0.15, 0.2) is 30.6 Å². The Morgan fingerprint density at radius 1 is 1.36 bits per heavy atom. The van der Waals surface area contributed by atoms with E-state index in [1.54, 1.807) is 18.5 Å². The van der Waals surface area contributed by atoms with Crippen molar-refractivity contribution in [3.05, 3.63) is 36.4 Å². The number of hydrogen-bond acceptors (Lipinski definition) is 5. The first-order valence-electron chi connectivity index (χ1n) is 8.00. The molecule has 3 N–H and O–H groups in total. The minimum Gasteiger partial charge on any atom is -0.435 e. The molecule has 0 bridgehead atoms. The van der Waals surface area contributed by atoms with Gasteiger partial charge >= 0.3 is 6.61 Å². The number of aromatic nitrogens is 4. The average Bonchev–Trinajstić information content (AvgIpc) is 3.23. The van der Waals surface area contributed by atoms with Crippen molar-refractivity contribution in [1.29, 1.82) is 0 Å². The van der Waals surface area contributed by atoms with Gasteiger partial charge in [0, 0.05) is 18.9 Å². The fraction of sp³-hybridized carbons (Fsp3) is 0.375. The molecule has 0 amide bonds. The summed E-state index contributed by atoms with van der Waals surface area (Å²) in [5.41, 5.74) is 2.19. The fourth-order valence-corrected chi connectivity index (χ4v) is 3.06. The van der Waals surface area contributed by atoms with Gasteiger partial charge in [0.05, 0.1) is 28.8 Å². The number of nitrogens with zero attached hydrogens (tertiary/aromatic N) is 2. The van der Waals surface area contributed by atoms with Crippen molar-refractivity contribution in [1.82, 2.24) is 20.2 Å². The Morgan fingerprint density at radius 2 is 2.28 bits per heavy atom. The number of nitrogens with one attached hydrogen (secondary N) is 3. The zero-order valence-corrected chi connectivity index (χ0v) is 13.2. The number of aromatic amines is 2. The van der Waals surface area contributed by atoms with Crippen molar-refractivity contribution in [2.75, 3.05) is 11.9 Å². The molecule has 2 atom stereocenters. The molecule has 0 radical (unpaired) electrons. The highest BCUT2D eigenvalue weighted by molar-refractivity contribution is 5.77. The van der Waals surface area contributed by atoms with E-state index in [-0.39, 0.29) is 17.9 Å². The highest BCUT2D eigenvalue weighted by atomic mass is 19.3. The van der Waals surface area contributed by atoms with Crippen LogP contribution in [0.3, 0.4) is 0 Å². The summed E-state index contributed by atoms with van der Waals surface area (Å²) in [5, 5.41) is 9.95. The summed E-state index contributed by atoms with van der Waals surface area (Å²) in [6, 6.07) is 4.67. The molecule has 1 fully saturated rings. The van der Waals surface area contributed by atoms with Gasteiger partial charge in [-0.2, -0.15) is 13.9 Å². The Bertz CT molecular complexity index is 836.